The average Bonchev–Trinajstić information content (AvgIpc) is 2.67. The van der Waals surface area contributed by atoms with Crippen LogP contribution in [0.4, 0.5) is 13.2 Å². The first-order valence-corrected chi connectivity index (χ1v) is 10.6. The third-order valence-electron chi connectivity index (χ3n) is 5.19. The normalized spacial score (nSPS) is 20.8. The van der Waals surface area contributed by atoms with Crippen molar-refractivity contribution in [2.24, 2.45) is 0 Å². The Hall–Kier alpha value is -1.81. The van der Waals surface area contributed by atoms with Gasteiger partial charge in [-0.2, -0.15) is 13.2 Å². The van der Waals surface area contributed by atoms with E-state index in [4.69, 9.17) is 14.2 Å². The molecule has 0 aromatic carbocycles. The molecule has 0 heterocycles. The van der Waals surface area contributed by atoms with Crippen LogP contribution in [0.25, 0.3) is 0 Å². The maximum Gasteiger partial charge on any atom is 0.416 e. The summed E-state index contributed by atoms with van der Waals surface area (Å²) in [5, 5.41) is 0. The quantitative estimate of drug-likeness (QED) is 0.262. The molecule has 1 fully saturated rings. The van der Waals surface area contributed by atoms with E-state index in [1.165, 1.54) is 13.2 Å². The lowest BCUT2D eigenvalue weighted by molar-refractivity contribution is -0.118. The maximum absolute atomic E-state index is 13.6. The summed E-state index contributed by atoms with van der Waals surface area (Å²) >= 11 is 0. The van der Waals surface area contributed by atoms with Gasteiger partial charge in [-0.1, -0.05) is 44.4 Å². The van der Waals surface area contributed by atoms with Gasteiger partial charge in [0.1, 0.15) is 6.61 Å². The van der Waals surface area contributed by atoms with Crippen molar-refractivity contribution in [3.8, 4) is 11.8 Å². The maximum atomic E-state index is 13.6. The van der Waals surface area contributed by atoms with Gasteiger partial charge in [-0.3, -0.25) is 0 Å². The predicted octanol–water partition coefficient (Wildman–Crippen LogP) is 6.33. The molecule has 1 atom stereocenters. The zero-order valence-electron chi connectivity index (χ0n) is 19.1. The van der Waals surface area contributed by atoms with E-state index in [0.717, 1.165) is 31.8 Å². The van der Waals surface area contributed by atoms with Crippen LogP contribution < -0.4 is 0 Å². The summed E-state index contributed by atoms with van der Waals surface area (Å²) in [5.74, 6) is 5.56. The minimum atomic E-state index is -4.53. The largest absolute Gasteiger partial charge is 0.416 e. The molecule has 0 radical (unpaired) electrons. The zero-order chi connectivity index (χ0) is 23.4. The first-order chi connectivity index (χ1) is 14.7. The van der Waals surface area contributed by atoms with Crippen molar-refractivity contribution in [3.05, 3.63) is 47.6 Å². The third kappa shape index (κ3) is 9.47. The molecule has 1 aliphatic carbocycles. The van der Waals surface area contributed by atoms with E-state index in [1.807, 2.05) is 0 Å². The molecule has 1 aliphatic rings. The third-order valence-corrected chi connectivity index (χ3v) is 5.19. The van der Waals surface area contributed by atoms with Gasteiger partial charge in [0.25, 0.3) is 0 Å². The highest BCUT2D eigenvalue weighted by atomic mass is 19.4. The molecule has 1 rings (SSSR count). The summed E-state index contributed by atoms with van der Waals surface area (Å²) in [5.41, 5.74) is 0.108. The molecule has 0 saturated heterocycles. The second kappa shape index (κ2) is 13.6. The fourth-order valence-corrected chi connectivity index (χ4v) is 3.41. The molecule has 0 aromatic heterocycles. The number of alkyl halides is 3. The van der Waals surface area contributed by atoms with E-state index in [1.54, 1.807) is 14.0 Å². The summed E-state index contributed by atoms with van der Waals surface area (Å²) in [6, 6.07) is 0. The molecule has 0 N–H and O–H groups in total. The van der Waals surface area contributed by atoms with Crippen molar-refractivity contribution in [3.63, 3.8) is 0 Å². The van der Waals surface area contributed by atoms with E-state index in [-0.39, 0.29) is 30.5 Å². The molecular weight excluding hydrogens is 405 g/mol. The first kappa shape index (κ1) is 27.2. The van der Waals surface area contributed by atoms with Crippen LogP contribution in [0.2, 0.25) is 0 Å². The van der Waals surface area contributed by atoms with Crippen molar-refractivity contribution in [2.45, 2.75) is 76.9 Å². The lowest BCUT2D eigenvalue weighted by atomic mass is 9.90. The number of halogens is 3. The van der Waals surface area contributed by atoms with Gasteiger partial charge < -0.3 is 14.2 Å². The summed E-state index contributed by atoms with van der Waals surface area (Å²) in [7, 11) is 3.20. The molecular formula is C25H35F3O3. The van der Waals surface area contributed by atoms with Gasteiger partial charge >= 0.3 is 6.18 Å². The molecule has 0 amide bonds. The van der Waals surface area contributed by atoms with Crippen LogP contribution >= 0.6 is 0 Å². The fourth-order valence-electron chi connectivity index (χ4n) is 3.41. The van der Waals surface area contributed by atoms with Gasteiger partial charge in [0.2, 0.25) is 0 Å². The molecule has 0 bridgehead atoms. The van der Waals surface area contributed by atoms with Crippen LogP contribution in [-0.4, -0.2) is 45.3 Å². The van der Waals surface area contributed by atoms with Gasteiger partial charge in [0.05, 0.1) is 23.9 Å². The smallest absolute Gasteiger partial charge is 0.381 e. The average molecular weight is 441 g/mol. The minimum absolute atomic E-state index is 0.0181. The fraction of sp³-hybridized carbons (Fsp3) is 0.600. The van der Waals surface area contributed by atoms with Gasteiger partial charge in [0.15, 0.2) is 0 Å². The van der Waals surface area contributed by atoms with Gasteiger partial charge in [-0.15, -0.1) is 0 Å². The standard InChI is InChI=1S/C25H35F3O3/c1-7-10-20(31-22-16-21(17-22)30-6)13-12-19(4)23(24(8-2)25(26,27)28)15-18(3)11-9-14-29-5/h8,15,20-22H,2,4,7,10,12-14,16-17H2,1,3,5-6H3/b18-15+,24-23-. The molecule has 0 aromatic rings. The Bertz CT molecular complexity index is 717. The van der Waals surface area contributed by atoms with Crippen LogP contribution in [0.15, 0.2) is 47.6 Å². The number of allylic oxidation sites excluding steroid dienone is 6. The van der Waals surface area contributed by atoms with Gasteiger partial charge in [0, 0.05) is 14.2 Å². The molecule has 3 nitrogen and oxygen atoms in total. The van der Waals surface area contributed by atoms with Crippen LogP contribution in [0.3, 0.4) is 0 Å². The lowest BCUT2D eigenvalue weighted by Crippen LogP contribution is -2.39. The van der Waals surface area contributed by atoms with Crippen molar-refractivity contribution in [2.75, 3.05) is 20.8 Å². The second-order valence-corrected chi connectivity index (χ2v) is 7.73. The highest BCUT2D eigenvalue weighted by molar-refractivity contribution is 5.51. The number of hydrogen-bond donors (Lipinski definition) is 0. The first-order valence-electron chi connectivity index (χ1n) is 10.6. The summed E-state index contributed by atoms with van der Waals surface area (Å²) in [6.07, 6.45) is 2.63. The second-order valence-electron chi connectivity index (χ2n) is 7.73. The summed E-state index contributed by atoms with van der Waals surface area (Å²) < 4.78 is 57.1. The van der Waals surface area contributed by atoms with Crippen molar-refractivity contribution in [1.29, 1.82) is 0 Å². The Morgan fingerprint density at radius 1 is 1.19 bits per heavy atom. The van der Waals surface area contributed by atoms with Gasteiger partial charge in [-0.05, 0) is 61.8 Å². The molecule has 1 saturated carbocycles. The van der Waals surface area contributed by atoms with E-state index in [0.29, 0.717) is 24.0 Å². The number of hydrogen-bond acceptors (Lipinski definition) is 3. The highest BCUT2D eigenvalue weighted by Crippen LogP contribution is 2.35. The van der Waals surface area contributed by atoms with Gasteiger partial charge in [-0.25, -0.2) is 0 Å². The Morgan fingerprint density at radius 3 is 2.39 bits per heavy atom. The topological polar surface area (TPSA) is 27.7 Å². The molecule has 174 valence electrons. The highest BCUT2D eigenvalue weighted by Gasteiger charge is 2.35. The van der Waals surface area contributed by atoms with Crippen LogP contribution in [0.5, 0.6) is 0 Å². The van der Waals surface area contributed by atoms with E-state index < -0.39 is 11.7 Å². The molecule has 0 aliphatic heterocycles. The summed E-state index contributed by atoms with van der Waals surface area (Å²) in [4.78, 5) is 0. The molecule has 31 heavy (non-hydrogen) atoms. The summed E-state index contributed by atoms with van der Waals surface area (Å²) in [6.45, 7) is 11.3. The zero-order valence-corrected chi connectivity index (χ0v) is 19.1. The molecule has 1 unspecified atom stereocenters. The number of methoxy groups -OCH3 is 2. The lowest BCUT2D eigenvalue weighted by Gasteiger charge is -2.36. The van der Waals surface area contributed by atoms with E-state index in [2.05, 4.69) is 31.9 Å². The van der Waals surface area contributed by atoms with Crippen LogP contribution in [0, 0.1) is 11.8 Å². The number of rotatable bonds is 12. The van der Waals surface area contributed by atoms with Crippen LogP contribution in [-0.2, 0) is 14.2 Å². The van der Waals surface area contributed by atoms with Crippen molar-refractivity contribution >= 4 is 0 Å². The van der Waals surface area contributed by atoms with Crippen molar-refractivity contribution < 1.29 is 27.4 Å². The Balaban J connectivity index is 2.98. The van der Waals surface area contributed by atoms with E-state index in [9.17, 15) is 13.2 Å². The van der Waals surface area contributed by atoms with Crippen LogP contribution in [0.1, 0.15) is 52.4 Å². The minimum Gasteiger partial charge on any atom is -0.381 e. The molecule has 0 spiro atoms. The number of ether oxygens (including phenoxy) is 3. The Labute approximate surface area is 185 Å². The SMILES string of the molecule is C=C/C(=C(\C=C(/C)C#CCOC)C(=C)CCC(CCC)OC1CC(OC)C1)C(F)(F)F. The Morgan fingerprint density at radius 2 is 1.87 bits per heavy atom. The molecule has 6 heteroatoms. The Kier molecular flexibility index (Phi) is 11.9. The van der Waals surface area contributed by atoms with Crippen molar-refractivity contribution in [1.82, 2.24) is 0 Å². The predicted molar refractivity (Wildman–Crippen MR) is 119 cm³/mol. The van der Waals surface area contributed by atoms with E-state index >= 15 is 0 Å². The monoisotopic (exact) mass is 440 g/mol.